The van der Waals surface area contributed by atoms with E-state index in [2.05, 4.69) is 15.6 Å². The fourth-order valence-corrected chi connectivity index (χ4v) is 3.35. The third-order valence-corrected chi connectivity index (χ3v) is 4.52. The number of para-hydroxylation sites is 1. The van der Waals surface area contributed by atoms with E-state index in [1.54, 1.807) is 7.11 Å². The number of benzene rings is 2. The van der Waals surface area contributed by atoms with Gasteiger partial charge in [0, 0.05) is 6.04 Å². The van der Waals surface area contributed by atoms with Gasteiger partial charge in [-0.1, -0.05) is 35.6 Å². The zero-order chi connectivity index (χ0) is 16.9. The number of nitrogens with one attached hydrogen (secondary N) is 2. The molecule has 1 atom stereocenters. The van der Waals surface area contributed by atoms with Gasteiger partial charge in [0.2, 0.25) is 0 Å². The number of hydrogen-bond donors (Lipinski definition) is 2. The van der Waals surface area contributed by atoms with Crippen molar-refractivity contribution in [2.45, 2.75) is 19.4 Å². The van der Waals surface area contributed by atoms with E-state index in [9.17, 15) is 4.79 Å². The Labute approximate surface area is 144 Å². The van der Waals surface area contributed by atoms with Crippen molar-refractivity contribution in [2.75, 3.05) is 12.4 Å². The smallest absolute Gasteiger partial charge is 0.321 e. The highest BCUT2D eigenvalue weighted by Crippen LogP contribution is 2.25. The van der Waals surface area contributed by atoms with Crippen molar-refractivity contribution in [3.05, 3.63) is 54.1 Å². The van der Waals surface area contributed by atoms with Crippen molar-refractivity contribution in [1.82, 2.24) is 10.3 Å². The van der Waals surface area contributed by atoms with Gasteiger partial charge in [-0.25, -0.2) is 9.78 Å². The largest absolute Gasteiger partial charge is 0.497 e. The van der Waals surface area contributed by atoms with Crippen LogP contribution in [-0.2, 0) is 6.42 Å². The summed E-state index contributed by atoms with van der Waals surface area (Å²) in [5.74, 6) is 0.818. The summed E-state index contributed by atoms with van der Waals surface area (Å²) in [5.41, 5.74) is 2.00. The minimum atomic E-state index is -0.246. The summed E-state index contributed by atoms with van der Waals surface area (Å²) in [6.07, 6.45) is 0.727. The zero-order valence-electron chi connectivity index (χ0n) is 13.6. The third kappa shape index (κ3) is 4.02. The maximum absolute atomic E-state index is 12.1. The quantitative estimate of drug-likeness (QED) is 0.736. The Bertz CT molecular complexity index is 814. The molecule has 0 spiro atoms. The number of methoxy groups -OCH3 is 1. The Balaban J connectivity index is 1.57. The van der Waals surface area contributed by atoms with E-state index in [1.165, 1.54) is 11.3 Å². The molecule has 0 aliphatic rings. The molecule has 3 rings (SSSR count). The average molecular weight is 341 g/mol. The predicted molar refractivity (Wildman–Crippen MR) is 97.9 cm³/mol. The first kappa shape index (κ1) is 16.3. The first-order chi connectivity index (χ1) is 11.6. The van der Waals surface area contributed by atoms with Gasteiger partial charge in [-0.2, -0.15) is 0 Å². The number of thiazole rings is 1. The highest BCUT2D eigenvalue weighted by Gasteiger charge is 2.11. The van der Waals surface area contributed by atoms with Crippen molar-refractivity contribution in [2.24, 2.45) is 0 Å². The minimum Gasteiger partial charge on any atom is -0.497 e. The van der Waals surface area contributed by atoms with Crippen LogP contribution in [0.2, 0.25) is 0 Å². The molecular formula is C18H19N3O2S. The first-order valence-electron chi connectivity index (χ1n) is 7.70. The number of amides is 2. The molecule has 124 valence electrons. The van der Waals surface area contributed by atoms with Gasteiger partial charge in [0.25, 0.3) is 0 Å². The lowest BCUT2D eigenvalue weighted by molar-refractivity contribution is 0.249. The second-order valence-corrected chi connectivity index (χ2v) is 6.57. The Hall–Kier alpha value is -2.60. The van der Waals surface area contributed by atoms with Crippen LogP contribution >= 0.6 is 11.3 Å². The molecule has 2 amide bonds. The molecule has 0 saturated heterocycles. The number of aromatic nitrogens is 1. The number of hydrogen-bond acceptors (Lipinski definition) is 4. The zero-order valence-corrected chi connectivity index (χ0v) is 14.4. The van der Waals surface area contributed by atoms with Crippen molar-refractivity contribution in [3.8, 4) is 5.75 Å². The fraction of sp³-hybridized carbons (Fsp3) is 0.222. The average Bonchev–Trinajstić information content (AvgIpc) is 2.96. The minimum absolute atomic E-state index is 0.00788. The number of carbonyl (C=O) groups is 1. The number of rotatable bonds is 5. The Morgan fingerprint density at radius 2 is 2.08 bits per heavy atom. The number of urea groups is 1. The Morgan fingerprint density at radius 3 is 2.88 bits per heavy atom. The number of anilines is 1. The number of ether oxygens (including phenoxy) is 1. The lowest BCUT2D eigenvalue weighted by Gasteiger charge is -2.14. The second kappa shape index (κ2) is 7.31. The SMILES string of the molecule is COc1cccc(CC(C)NC(=O)Nc2nc3ccccc3s2)c1. The van der Waals surface area contributed by atoms with E-state index >= 15 is 0 Å². The van der Waals surface area contributed by atoms with Gasteiger partial charge in [0.05, 0.1) is 17.3 Å². The van der Waals surface area contributed by atoms with Gasteiger partial charge in [-0.3, -0.25) is 5.32 Å². The maximum atomic E-state index is 12.1. The molecule has 0 aliphatic carbocycles. The monoisotopic (exact) mass is 341 g/mol. The van der Waals surface area contributed by atoms with Crippen LogP contribution in [0, 0.1) is 0 Å². The molecule has 0 fully saturated rings. The van der Waals surface area contributed by atoms with Crippen LogP contribution in [0.5, 0.6) is 5.75 Å². The molecule has 1 aromatic heterocycles. The summed E-state index contributed by atoms with van der Waals surface area (Å²) in [6.45, 7) is 1.97. The molecule has 2 N–H and O–H groups in total. The summed E-state index contributed by atoms with van der Waals surface area (Å²) < 4.78 is 6.27. The van der Waals surface area contributed by atoms with Crippen LogP contribution in [0.15, 0.2) is 48.5 Å². The van der Waals surface area contributed by atoms with Crippen LogP contribution in [-0.4, -0.2) is 24.2 Å². The van der Waals surface area contributed by atoms with E-state index in [-0.39, 0.29) is 12.1 Å². The van der Waals surface area contributed by atoms with Crippen LogP contribution in [0.1, 0.15) is 12.5 Å². The number of fused-ring (bicyclic) bond motifs is 1. The summed E-state index contributed by atoms with van der Waals surface area (Å²) >= 11 is 1.46. The number of nitrogens with zero attached hydrogens (tertiary/aromatic N) is 1. The van der Waals surface area contributed by atoms with Crippen LogP contribution in [0.3, 0.4) is 0 Å². The maximum Gasteiger partial charge on any atom is 0.321 e. The highest BCUT2D eigenvalue weighted by molar-refractivity contribution is 7.22. The normalized spacial score (nSPS) is 11.9. The lowest BCUT2D eigenvalue weighted by Crippen LogP contribution is -2.37. The molecule has 0 radical (unpaired) electrons. The topological polar surface area (TPSA) is 63.2 Å². The van der Waals surface area contributed by atoms with E-state index in [0.29, 0.717) is 5.13 Å². The molecule has 3 aromatic rings. The van der Waals surface area contributed by atoms with E-state index < -0.39 is 0 Å². The molecular weight excluding hydrogens is 322 g/mol. The summed E-state index contributed by atoms with van der Waals surface area (Å²) in [4.78, 5) is 16.5. The van der Waals surface area contributed by atoms with Crippen LogP contribution in [0.4, 0.5) is 9.93 Å². The van der Waals surface area contributed by atoms with Gasteiger partial charge in [0.1, 0.15) is 5.75 Å². The molecule has 6 heteroatoms. The molecule has 1 unspecified atom stereocenters. The molecule has 0 bridgehead atoms. The van der Waals surface area contributed by atoms with Gasteiger partial charge in [0.15, 0.2) is 5.13 Å². The predicted octanol–water partition coefficient (Wildman–Crippen LogP) is 4.06. The standard InChI is InChI=1S/C18H19N3O2S/c1-12(10-13-6-5-7-14(11-13)23-2)19-17(22)21-18-20-15-8-3-4-9-16(15)24-18/h3-9,11-12H,10H2,1-2H3,(H2,19,20,21,22). The van der Waals surface area contributed by atoms with E-state index in [0.717, 1.165) is 28.0 Å². The molecule has 1 heterocycles. The van der Waals surface area contributed by atoms with Crippen LogP contribution < -0.4 is 15.4 Å². The van der Waals surface area contributed by atoms with Crippen molar-refractivity contribution < 1.29 is 9.53 Å². The first-order valence-corrected chi connectivity index (χ1v) is 8.51. The van der Waals surface area contributed by atoms with Crippen molar-refractivity contribution >= 4 is 32.7 Å². The van der Waals surface area contributed by atoms with Gasteiger partial charge in [-0.15, -0.1) is 0 Å². The molecule has 2 aromatic carbocycles. The molecule has 24 heavy (non-hydrogen) atoms. The van der Waals surface area contributed by atoms with Crippen LogP contribution in [0.25, 0.3) is 10.2 Å². The van der Waals surface area contributed by atoms with E-state index in [4.69, 9.17) is 4.74 Å². The Morgan fingerprint density at radius 1 is 1.25 bits per heavy atom. The number of carbonyl (C=O) groups excluding carboxylic acids is 1. The molecule has 5 nitrogen and oxygen atoms in total. The highest BCUT2D eigenvalue weighted by atomic mass is 32.1. The Kier molecular flexibility index (Phi) is 4.96. The van der Waals surface area contributed by atoms with E-state index in [1.807, 2.05) is 55.5 Å². The molecule has 0 saturated carbocycles. The lowest BCUT2D eigenvalue weighted by atomic mass is 10.1. The summed E-state index contributed by atoms with van der Waals surface area (Å²) in [6, 6.07) is 15.4. The van der Waals surface area contributed by atoms with Gasteiger partial charge >= 0.3 is 6.03 Å². The van der Waals surface area contributed by atoms with Gasteiger partial charge in [-0.05, 0) is 43.2 Å². The van der Waals surface area contributed by atoms with Gasteiger partial charge < -0.3 is 10.1 Å². The van der Waals surface area contributed by atoms with Crippen molar-refractivity contribution in [3.63, 3.8) is 0 Å². The van der Waals surface area contributed by atoms with Crippen molar-refractivity contribution in [1.29, 1.82) is 0 Å². The summed E-state index contributed by atoms with van der Waals surface area (Å²) in [7, 11) is 1.65. The second-order valence-electron chi connectivity index (χ2n) is 5.54. The fourth-order valence-electron chi connectivity index (χ4n) is 2.49. The summed E-state index contributed by atoms with van der Waals surface area (Å²) in [5, 5.41) is 6.34. The molecule has 0 aliphatic heterocycles. The third-order valence-electron chi connectivity index (χ3n) is 3.57.